The number of hydrogen-bond donors (Lipinski definition) is 2. The first-order valence-corrected chi connectivity index (χ1v) is 8.18. The zero-order valence-corrected chi connectivity index (χ0v) is 13.2. The lowest BCUT2D eigenvalue weighted by atomic mass is 9.83. The van der Waals surface area contributed by atoms with E-state index in [0.717, 1.165) is 31.8 Å². The summed E-state index contributed by atoms with van der Waals surface area (Å²) in [6.45, 7) is 6.56. The van der Waals surface area contributed by atoms with E-state index in [4.69, 9.17) is 4.74 Å². The van der Waals surface area contributed by atoms with E-state index in [9.17, 15) is 0 Å². The summed E-state index contributed by atoms with van der Waals surface area (Å²) in [6.07, 6.45) is 7.28. The maximum absolute atomic E-state index is 5.53. The van der Waals surface area contributed by atoms with Crippen molar-refractivity contribution in [3.05, 3.63) is 0 Å². The molecule has 1 aliphatic carbocycles. The van der Waals surface area contributed by atoms with E-state index in [2.05, 4.69) is 39.4 Å². The summed E-state index contributed by atoms with van der Waals surface area (Å²) in [5.41, 5.74) is 0. The highest BCUT2D eigenvalue weighted by Crippen LogP contribution is 2.29. The quantitative estimate of drug-likeness (QED) is 0.690. The third-order valence-corrected chi connectivity index (χ3v) is 3.64. The molecule has 1 saturated carbocycles. The van der Waals surface area contributed by atoms with Crippen molar-refractivity contribution in [1.29, 1.82) is 0 Å². The van der Waals surface area contributed by atoms with Crippen LogP contribution in [0, 0.1) is 5.92 Å². The molecule has 1 aliphatic rings. The van der Waals surface area contributed by atoms with Gasteiger partial charge in [0.05, 0.1) is 6.61 Å². The van der Waals surface area contributed by atoms with E-state index in [1.807, 2.05) is 0 Å². The molecule has 0 aromatic carbocycles. The molecule has 0 spiro atoms. The molecular weight excluding hydrogens is 266 g/mol. The molecule has 0 amide bonds. The van der Waals surface area contributed by atoms with E-state index < -0.39 is 0 Å². The standard InChI is InChI=1S/C15H27N5O/c1-3-9-16-13-18-14(17-10-8-12-6-5-7-12)20-15(19-13)21-11-4-2/h12H,3-11H2,1-2H3,(H2,16,17,18,19,20). The summed E-state index contributed by atoms with van der Waals surface area (Å²) in [4.78, 5) is 13.0. The average molecular weight is 293 g/mol. The Labute approximate surface area is 127 Å². The lowest BCUT2D eigenvalue weighted by molar-refractivity contribution is 0.291. The maximum atomic E-state index is 5.53. The van der Waals surface area contributed by atoms with Gasteiger partial charge in [-0.2, -0.15) is 15.0 Å². The van der Waals surface area contributed by atoms with Crippen LogP contribution in [0.3, 0.4) is 0 Å². The van der Waals surface area contributed by atoms with Crippen molar-refractivity contribution < 1.29 is 4.74 Å². The highest BCUT2D eigenvalue weighted by Gasteiger charge is 2.16. The molecule has 6 nitrogen and oxygen atoms in total. The number of rotatable bonds is 10. The van der Waals surface area contributed by atoms with E-state index in [-0.39, 0.29) is 0 Å². The topological polar surface area (TPSA) is 72.0 Å². The fraction of sp³-hybridized carbons (Fsp3) is 0.800. The Morgan fingerprint density at radius 3 is 2.29 bits per heavy atom. The second-order valence-corrected chi connectivity index (χ2v) is 5.55. The summed E-state index contributed by atoms with van der Waals surface area (Å²) in [7, 11) is 0. The minimum atomic E-state index is 0.400. The third-order valence-electron chi connectivity index (χ3n) is 3.64. The van der Waals surface area contributed by atoms with Gasteiger partial charge in [0.1, 0.15) is 0 Å². The molecule has 0 atom stereocenters. The number of anilines is 2. The van der Waals surface area contributed by atoms with Crippen LogP contribution in [0.1, 0.15) is 52.4 Å². The van der Waals surface area contributed by atoms with E-state index in [1.54, 1.807) is 0 Å². The molecule has 6 heteroatoms. The SMILES string of the molecule is CCCNc1nc(NCCC2CCC2)nc(OCCC)n1. The number of ether oxygens (including phenoxy) is 1. The van der Waals surface area contributed by atoms with Gasteiger partial charge in [-0.3, -0.25) is 0 Å². The first kappa shape index (κ1) is 15.8. The summed E-state index contributed by atoms with van der Waals surface area (Å²) in [5, 5.41) is 6.49. The Hall–Kier alpha value is -1.59. The number of aromatic nitrogens is 3. The van der Waals surface area contributed by atoms with Crippen LogP contribution >= 0.6 is 0 Å². The van der Waals surface area contributed by atoms with Crippen molar-refractivity contribution in [1.82, 2.24) is 15.0 Å². The van der Waals surface area contributed by atoms with Crippen LogP contribution in [-0.2, 0) is 0 Å². The van der Waals surface area contributed by atoms with Gasteiger partial charge >= 0.3 is 6.01 Å². The molecule has 0 saturated heterocycles. The molecule has 0 radical (unpaired) electrons. The Balaban J connectivity index is 1.91. The van der Waals surface area contributed by atoms with E-state index in [0.29, 0.717) is 24.5 Å². The summed E-state index contributed by atoms with van der Waals surface area (Å²) in [5.74, 6) is 2.07. The van der Waals surface area contributed by atoms with Crippen LogP contribution in [0.2, 0.25) is 0 Å². The molecule has 21 heavy (non-hydrogen) atoms. The number of hydrogen-bond acceptors (Lipinski definition) is 6. The second-order valence-electron chi connectivity index (χ2n) is 5.55. The molecule has 2 rings (SSSR count). The van der Waals surface area contributed by atoms with Gasteiger partial charge in [-0.15, -0.1) is 0 Å². The van der Waals surface area contributed by atoms with Crippen molar-refractivity contribution in [3.8, 4) is 6.01 Å². The van der Waals surface area contributed by atoms with Crippen molar-refractivity contribution in [2.24, 2.45) is 5.92 Å². The van der Waals surface area contributed by atoms with E-state index >= 15 is 0 Å². The summed E-state index contributed by atoms with van der Waals surface area (Å²) < 4.78 is 5.53. The van der Waals surface area contributed by atoms with E-state index in [1.165, 1.54) is 25.7 Å². The normalized spacial score (nSPS) is 14.6. The highest BCUT2D eigenvalue weighted by atomic mass is 16.5. The van der Waals surface area contributed by atoms with Crippen LogP contribution in [0.25, 0.3) is 0 Å². The first-order chi connectivity index (χ1) is 10.3. The molecule has 1 aromatic heterocycles. The van der Waals surface area contributed by atoms with Crippen LogP contribution < -0.4 is 15.4 Å². The van der Waals surface area contributed by atoms with Crippen molar-refractivity contribution >= 4 is 11.9 Å². The van der Waals surface area contributed by atoms with Crippen LogP contribution in [0.4, 0.5) is 11.9 Å². The van der Waals surface area contributed by atoms with Crippen molar-refractivity contribution in [2.45, 2.75) is 52.4 Å². The second kappa shape index (κ2) is 8.64. The fourth-order valence-corrected chi connectivity index (χ4v) is 2.18. The number of nitrogens with zero attached hydrogens (tertiary/aromatic N) is 3. The van der Waals surface area contributed by atoms with Crippen molar-refractivity contribution in [3.63, 3.8) is 0 Å². The van der Waals surface area contributed by atoms with Gasteiger partial charge in [-0.1, -0.05) is 33.1 Å². The largest absolute Gasteiger partial charge is 0.463 e. The smallest absolute Gasteiger partial charge is 0.323 e. The van der Waals surface area contributed by atoms with Gasteiger partial charge < -0.3 is 15.4 Å². The van der Waals surface area contributed by atoms with Crippen LogP contribution in [-0.4, -0.2) is 34.6 Å². The average Bonchev–Trinajstić information content (AvgIpc) is 2.45. The fourth-order valence-electron chi connectivity index (χ4n) is 2.18. The molecule has 0 bridgehead atoms. The van der Waals surface area contributed by atoms with Crippen molar-refractivity contribution in [2.75, 3.05) is 30.3 Å². The Morgan fingerprint density at radius 2 is 1.71 bits per heavy atom. The number of nitrogens with one attached hydrogen (secondary N) is 2. The zero-order valence-electron chi connectivity index (χ0n) is 13.2. The van der Waals surface area contributed by atoms with Gasteiger partial charge in [0.25, 0.3) is 0 Å². The molecule has 0 aliphatic heterocycles. The van der Waals surface area contributed by atoms with Gasteiger partial charge in [-0.25, -0.2) is 0 Å². The van der Waals surface area contributed by atoms with Gasteiger partial charge in [0.2, 0.25) is 11.9 Å². The molecule has 0 unspecified atom stereocenters. The van der Waals surface area contributed by atoms with Crippen LogP contribution in [0.15, 0.2) is 0 Å². The van der Waals surface area contributed by atoms with Crippen LogP contribution in [0.5, 0.6) is 6.01 Å². The predicted octanol–water partition coefficient (Wildman–Crippen LogP) is 3.08. The van der Waals surface area contributed by atoms with Gasteiger partial charge in [-0.05, 0) is 25.2 Å². The van der Waals surface area contributed by atoms with Gasteiger partial charge in [0.15, 0.2) is 0 Å². The molecule has 118 valence electrons. The summed E-state index contributed by atoms with van der Waals surface area (Å²) in [6, 6.07) is 0.400. The minimum Gasteiger partial charge on any atom is -0.463 e. The Morgan fingerprint density at radius 1 is 1.00 bits per heavy atom. The third kappa shape index (κ3) is 5.36. The minimum absolute atomic E-state index is 0.400. The highest BCUT2D eigenvalue weighted by molar-refractivity contribution is 5.35. The lowest BCUT2D eigenvalue weighted by Gasteiger charge is -2.25. The lowest BCUT2D eigenvalue weighted by Crippen LogP contribution is -2.17. The Kier molecular flexibility index (Phi) is 6.50. The maximum Gasteiger partial charge on any atom is 0.323 e. The first-order valence-electron chi connectivity index (χ1n) is 8.18. The molecular formula is C15H27N5O. The Bertz CT molecular complexity index is 396. The molecule has 1 heterocycles. The molecule has 1 fully saturated rings. The predicted molar refractivity (Wildman–Crippen MR) is 84.8 cm³/mol. The zero-order chi connectivity index (χ0) is 14.9. The molecule has 2 N–H and O–H groups in total. The molecule has 1 aromatic rings. The summed E-state index contributed by atoms with van der Waals surface area (Å²) >= 11 is 0. The van der Waals surface area contributed by atoms with Gasteiger partial charge in [0, 0.05) is 13.1 Å². The monoisotopic (exact) mass is 293 g/mol.